The lowest BCUT2D eigenvalue weighted by Gasteiger charge is -2.47. The van der Waals surface area contributed by atoms with Crippen LogP contribution >= 0.6 is 0 Å². The molecular formula is C38H50N6O6. The van der Waals surface area contributed by atoms with E-state index in [4.69, 9.17) is 5.73 Å². The molecule has 0 bridgehead atoms. The number of nitrogens with zero attached hydrogens (tertiary/aromatic N) is 2. The number of nitrogens with one attached hydrogen (secondary N) is 3. The van der Waals surface area contributed by atoms with Gasteiger partial charge >= 0.3 is 0 Å². The first-order valence-electron chi connectivity index (χ1n) is 17.5. The van der Waals surface area contributed by atoms with Gasteiger partial charge in [-0.05, 0) is 82.4 Å². The summed E-state index contributed by atoms with van der Waals surface area (Å²) in [6.45, 7) is 6.37. The van der Waals surface area contributed by atoms with E-state index in [0.29, 0.717) is 31.3 Å². The first kappa shape index (κ1) is 36.9. The monoisotopic (exact) mass is 686 g/mol. The second kappa shape index (κ2) is 16.1. The maximum Gasteiger partial charge on any atom is 0.270 e. The number of carbonyl (C=O) groups excluding carboxylic acids is 4. The molecule has 0 radical (unpaired) electrons. The van der Waals surface area contributed by atoms with Crippen LogP contribution in [0.25, 0.3) is 10.9 Å². The topological polar surface area (TPSA) is 187 Å². The highest BCUT2D eigenvalue weighted by Crippen LogP contribution is 2.39. The zero-order valence-corrected chi connectivity index (χ0v) is 29.0. The van der Waals surface area contributed by atoms with Crippen LogP contribution in [-0.4, -0.2) is 92.7 Å². The zero-order chi connectivity index (χ0) is 36.0. The Morgan fingerprint density at radius 3 is 2.38 bits per heavy atom. The van der Waals surface area contributed by atoms with Crippen molar-refractivity contribution in [3.05, 3.63) is 78.0 Å². The summed E-state index contributed by atoms with van der Waals surface area (Å²) in [6, 6.07) is 17.3. The lowest BCUT2D eigenvalue weighted by molar-refractivity contribution is -0.134. The number of pyridine rings is 1. The molecule has 2 aromatic carbocycles. The normalized spacial score (nSPS) is 22.8. The van der Waals surface area contributed by atoms with Gasteiger partial charge in [0.25, 0.3) is 5.91 Å². The largest absolute Gasteiger partial charge is 0.393 e. The number of hydrogen-bond acceptors (Lipinski definition) is 8. The Morgan fingerprint density at radius 1 is 0.940 bits per heavy atom. The molecule has 7 N–H and O–H groups in total. The summed E-state index contributed by atoms with van der Waals surface area (Å²) in [6.07, 6.45) is 1.04. The molecule has 1 saturated heterocycles. The third-order valence-electron chi connectivity index (χ3n) is 9.72. The fraction of sp³-hybridized carbons (Fsp3) is 0.500. The van der Waals surface area contributed by atoms with E-state index in [1.165, 1.54) is 0 Å². The fourth-order valence-electron chi connectivity index (χ4n) is 7.26. The minimum absolute atomic E-state index is 0.0719. The number of aliphatic hydroxyl groups is 2. The Hall–Kier alpha value is -4.39. The minimum atomic E-state index is -1.33. The molecule has 3 aromatic rings. The number of benzene rings is 2. The standard InChI is InChI=1S/C38H50N6O6/c1-38(2,3)43-37(50)32-19-25-13-15-27(45)18-26(25)21-44(32)22-33(46)30(17-23-9-5-4-6-10-23)41-36(49)31(20-34(39)47)42-35(48)29-16-14-24-11-7-8-12-28(24)40-29/h4-12,14,16,25-27,30-33,45-46H,13,15,17-22H2,1-3H3,(H2,39,47)(H,41,49)(H,42,48)(H,43,50)/t25-,26+,27?,30-,31-,32-,33+/m0/s1. The number of carbonyl (C=O) groups is 4. The van der Waals surface area contributed by atoms with E-state index in [9.17, 15) is 29.4 Å². The summed E-state index contributed by atoms with van der Waals surface area (Å²) in [5.74, 6) is -1.79. The van der Waals surface area contributed by atoms with Crippen LogP contribution < -0.4 is 21.7 Å². The summed E-state index contributed by atoms with van der Waals surface area (Å²) < 4.78 is 0. The average molecular weight is 687 g/mol. The van der Waals surface area contributed by atoms with Gasteiger partial charge in [-0.3, -0.25) is 24.1 Å². The van der Waals surface area contributed by atoms with Gasteiger partial charge in [-0.25, -0.2) is 4.98 Å². The molecule has 1 unspecified atom stereocenters. The Labute approximate surface area is 293 Å². The van der Waals surface area contributed by atoms with Crippen molar-refractivity contribution < 1.29 is 29.4 Å². The zero-order valence-electron chi connectivity index (χ0n) is 29.0. The highest BCUT2D eigenvalue weighted by atomic mass is 16.3. The van der Waals surface area contributed by atoms with E-state index in [0.717, 1.165) is 17.4 Å². The van der Waals surface area contributed by atoms with Gasteiger partial charge in [-0.15, -0.1) is 0 Å². The number of nitrogens with two attached hydrogens (primary N) is 1. The van der Waals surface area contributed by atoms with E-state index in [-0.39, 0.29) is 36.4 Å². The van der Waals surface area contributed by atoms with Crippen LogP contribution in [0.5, 0.6) is 0 Å². The molecule has 7 atom stereocenters. The number of amides is 4. The van der Waals surface area contributed by atoms with E-state index < -0.39 is 60.0 Å². The molecule has 268 valence electrons. The molecule has 4 amide bonds. The molecule has 2 fully saturated rings. The van der Waals surface area contributed by atoms with E-state index in [1.54, 1.807) is 24.3 Å². The van der Waals surface area contributed by atoms with Gasteiger partial charge in [0.05, 0.1) is 36.2 Å². The smallest absolute Gasteiger partial charge is 0.270 e. The highest BCUT2D eigenvalue weighted by Gasteiger charge is 2.43. The van der Waals surface area contributed by atoms with Gasteiger partial charge in [0.1, 0.15) is 11.7 Å². The Balaban J connectivity index is 1.36. The molecule has 2 aliphatic rings. The Morgan fingerprint density at radius 2 is 1.66 bits per heavy atom. The molecule has 2 heterocycles. The third kappa shape index (κ3) is 9.86. The summed E-state index contributed by atoms with van der Waals surface area (Å²) in [4.78, 5) is 59.2. The fourth-order valence-corrected chi connectivity index (χ4v) is 7.26. The van der Waals surface area contributed by atoms with Crippen LogP contribution in [0.15, 0.2) is 66.7 Å². The predicted octanol–water partition coefficient (Wildman–Crippen LogP) is 2.06. The van der Waals surface area contributed by atoms with Crippen LogP contribution in [0, 0.1) is 11.8 Å². The molecule has 12 heteroatoms. The van der Waals surface area contributed by atoms with Crippen molar-refractivity contribution in [3.8, 4) is 0 Å². The maximum atomic E-state index is 13.8. The number of rotatable bonds is 12. The lowest BCUT2D eigenvalue weighted by atomic mass is 9.71. The van der Waals surface area contributed by atoms with Crippen molar-refractivity contribution in [1.82, 2.24) is 25.8 Å². The molecule has 5 rings (SSSR count). The van der Waals surface area contributed by atoms with Gasteiger partial charge in [-0.1, -0.05) is 54.6 Å². The first-order valence-corrected chi connectivity index (χ1v) is 17.5. The van der Waals surface area contributed by atoms with Crippen LogP contribution in [0.3, 0.4) is 0 Å². The van der Waals surface area contributed by atoms with Crippen LogP contribution in [0.1, 0.15) is 68.9 Å². The van der Waals surface area contributed by atoms with Crippen molar-refractivity contribution in [3.63, 3.8) is 0 Å². The third-order valence-corrected chi connectivity index (χ3v) is 9.72. The first-order chi connectivity index (χ1) is 23.8. The molecule has 1 aliphatic heterocycles. The summed E-state index contributed by atoms with van der Waals surface area (Å²) in [5.41, 5.74) is 6.58. The van der Waals surface area contributed by atoms with E-state index in [2.05, 4.69) is 20.9 Å². The van der Waals surface area contributed by atoms with Crippen LogP contribution in [-0.2, 0) is 20.8 Å². The second-order valence-electron chi connectivity index (χ2n) is 14.9. The number of β-amino-alcohol motifs (C(OH)–C–C–N with tert-alkyl or cyclic N) is 1. The quantitative estimate of drug-likeness (QED) is 0.167. The Bertz CT molecular complexity index is 1660. The summed E-state index contributed by atoms with van der Waals surface area (Å²) >= 11 is 0. The predicted molar refractivity (Wildman–Crippen MR) is 190 cm³/mol. The molecule has 1 aliphatic carbocycles. The molecule has 12 nitrogen and oxygen atoms in total. The highest BCUT2D eigenvalue weighted by molar-refractivity contribution is 5.99. The van der Waals surface area contributed by atoms with Crippen molar-refractivity contribution in [2.75, 3.05) is 13.1 Å². The number of aromatic nitrogens is 1. The van der Waals surface area contributed by atoms with Gasteiger partial charge in [0.15, 0.2) is 0 Å². The molecule has 1 saturated carbocycles. The van der Waals surface area contributed by atoms with Crippen molar-refractivity contribution in [2.24, 2.45) is 17.6 Å². The molecular weight excluding hydrogens is 636 g/mol. The van der Waals surface area contributed by atoms with Gasteiger partial charge in [0.2, 0.25) is 17.7 Å². The van der Waals surface area contributed by atoms with Crippen LogP contribution in [0.2, 0.25) is 0 Å². The molecule has 0 spiro atoms. The number of para-hydroxylation sites is 1. The van der Waals surface area contributed by atoms with E-state index in [1.807, 2.05) is 68.1 Å². The van der Waals surface area contributed by atoms with Crippen LogP contribution in [0.4, 0.5) is 0 Å². The molecule has 50 heavy (non-hydrogen) atoms. The maximum absolute atomic E-state index is 13.8. The lowest BCUT2D eigenvalue weighted by Crippen LogP contribution is -2.61. The average Bonchev–Trinajstić information content (AvgIpc) is 3.06. The minimum Gasteiger partial charge on any atom is -0.393 e. The number of primary amides is 1. The number of piperidine rings is 1. The van der Waals surface area contributed by atoms with Crippen molar-refractivity contribution in [1.29, 1.82) is 0 Å². The number of hydrogen-bond donors (Lipinski definition) is 6. The van der Waals surface area contributed by atoms with Crippen molar-refractivity contribution >= 4 is 34.5 Å². The number of aliphatic hydroxyl groups excluding tert-OH is 2. The molecule has 1 aromatic heterocycles. The SMILES string of the molecule is CC(C)(C)NC(=O)[C@@H]1C[C@@H]2CCC(O)C[C@@H]2CN1C[C@@H](O)[C@H](Cc1ccccc1)NC(=O)[C@H](CC(N)=O)NC(=O)c1ccc2ccccc2n1. The van der Waals surface area contributed by atoms with Gasteiger partial charge < -0.3 is 31.9 Å². The summed E-state index contributed by atoms with van der Waals surface area (Å²) in [7, 11) is 0. The number of likely N-dealkylation sites (tertiary alicyclic amines) is 1. The van der Waals surface area contributed by atoms with Crippen molar-refractivity contribution in [2.45, 2.75) is 95.2 Å². The Kier molecular flexibility index (Phi) is 11.9. The van der Waals surface area contributed by atoms with Gasteiger partial charge in [0, 0.05) is 24.0 Å². The van der Waals surface area contributed by atoms with Gasteiger partial charge in [-0.2, -0.15) is 0 Å². The van der Waals surface area contributed by atoms with E-state index >= 15 is 0 Å². The second-order valence-corrected chi connectivity index (χ2v) is 14.9. The summed E-state index contributed by atoms with van der Waals surface area (Å²) in [5, 5.41) is 31.7. The number of fused-ring (bicyclic) bond motifs is 2.